The number of nitro benzene ring substituents is 1. The number of hydrogen-bond donors (Lipinski definition) is 0. The van der Waals surface area contributed by atoms with Gasteiger partial charge >= 0.3 is 5.69 Å². The van der Waals surface area contributed by atoms with Crippen LogP contribution in [0.4, 0.5) is 10.1 Å². The third-order valence-electron chi connectivity index (χ3n) is 2.60. The lowest BCUT2D eigenvalue weighted by Gasteiger charge is -2.19. The third kappa shape index (κ3) is 3.78. The van der Waals surface area contributed by atoms with Gasteiger partial charge in [-0.3, -0.25) is 15.0 Å². The van der Waals surface area contributed by atoms with E-state index in [1.165, 1.54) is 12.1 Å². The van der Waals surface area contributed by atoms with Crippen LogP contribution in [0.1, 0.15) is 25.8 Å². The van der Waals surface area contributed by atoms with E-state index in [2.05, 4.69) is 11.8 Å². The van der Waals surface area contributed by atoms with Crippen molar-refractivity contribution in [1.29, 1.82) is 0 Å². The number of benzene rings is 1. The van der Waals surface area contributed by atoms with E-state index >= 15 is 0 Å². The second-order valence-corrected chi connectivity index (χ2v) is 3.91. The van der Waals surface area contributed by atoms with E-state index < -0.39 is 16.4 Å². The molecule has 0 spiro atoms. The van der Waals surface area contributed by atoms with Crippen molar-refractivity contribution in [2.45, 2.75) is 26.8 Å². The smallest absolute Gasteiger partial charge is 0.299 e. The van der Waals surface area contributed by atoms with E-state index in [9.17, 15) is 14.5 Å². The van der Waals surface area contributed by atoms with Gasteiger partial charge in [-0.2, -0.15) is 4.39 Å². The lowest BCUT2D eigenvalue weighted by molar-refractivity contribution is -0.387. The van der Waals surface area contributed by atoms with Crippen molar-refractivity contribution in [2.24, 2.45) is 0 Å². The van der Waals surface area contributed by atoms with Crippen LogP contribution in [0, 0.1) is 15.9 Å². The van der Waals surface area contributed by atoms with Crippen molar-refractivity contribution in [1.82, 2.24) is 4.90 Å². The molecule has 0 fully saturated rings. The first-order chi connectivity index (χ1) is 8.08. The first-order valence-corrected chi connectivity index (χ1v) is 5.73. The van der Waals surface area contributed by atoms with E-state index in [4.69, 9.17) is 0 Å². The minimum atomic E-state index is -0.764. The Balaban J connectivity index is 2.79. The van der Waals surface area contributed by atoms with Crippen molar-refractivity contribution in [3.63, 3.8) is 0 Å². The molecule has 0 aromatic heterocycles. The van der Waals surface area contributed by atoms with Gasteiger partial charge in [0.15, 0.2) is 0 Å². The van der Waals surface area contributed by atoms with E-state index in [-0.39, 0.29) is 0 Å². The summed E-state index contributed by atoms with van der Waals surface area (Å²) in [7, 11) is 0. The monoisotopic (exact) mass is 240 g/mol. The Labute approximate surface area is 100 Å². The molecule has 4 nitrogen and oxygen atoms in total. The van der Waals surface area contributed by atoms with Crippen molar-refractivity contribution in [3.8, 4) is 0 Å². The molecule has 0 saturated carbocycles. The Bertz CT molecular complexity index is 396. The van der Waals surface area contributed by atoms with Crippen molar-refractivity contribution in [3.05, 3.63) is 39.7 Å². The fraction of sp³-hybridized carbons (Fsp3) is 0.500. The van der Waals surface area contributed by atoms with Crippen LogP contribution < -0.4 is 0 Å². The van der Waals surface area contributed by atoms with Crippen LogP contribution in [0.25, 0.3) is 0 Å². The molecule has 0 atom stereocenters. The first kappa shape index (κ1) is 13.6. The highest BCUT2D eigenvalue weighted by Gasteiger charge is 2.14. The van der Waals surface area contributed by atoms with Crippen LogP contribution >= 0.6 is 0 Å². The molecular weight excluding hydrogens is 223 g/mol. The molecule has 0 aliphatic carbocycles. The molecule has 0 aliphatic heterocycles. The quantitative estimate of drug-likeness (QED) is 0.567. The van der Waals surface area contributed by atoms with Gasteiger partial charge in [0, 0.05) is 12.6 Å². The van der Waals surface area contributed by atoms with Gasteiger partial charge in [0.1, 0.15) is 0 Å². The molecule has 0 aliphatic rings. The Kier molecular flexibility index (Phi) is 5.03. The summed E-state index contributed by atoms with van der Waals surface area (Å²) in [5.41, 5.74) is 0.302. The van der Waals surface area contributed by atoms with E-state index in [1.54, 1.807) is 6.07 Å². The SMILES string of the molecule is CCCN(CC)Cc1ccc([N+](=O)[O-])c(F)c1. The molecule has 1 aromatic carbocycles. The average molecular weight is 240 g/mol. The van der Waals surface area contributed by atoms with E-state index in [0.29, 0.717) is 6.54 Å². The Hall–Kier alpha value is -1.49. The highest BCUT2D eigenvalue weighted by Crippen LogP contribution is 2.18. The number of nitro groups is 1. The molecule has 1 aromatic rings. The summed E-state index contributed by atoms with van der Waals surface area (Å²) in [5, 5.41) is 10.5. The van der Waals surface area contributed by atoms with Crippen LogP contribution in [0.3, 0.4) is 0 Å². The van der Waals surface area contributed by atoms with E-state index in [1.807, 2.05) is 6.92 Å². The summed E-state index contributed by atoms with van der Waals surface area (Å²) in [6.45, 7) is 6.57. The van der Waals surface area contributed by atoms with Crippen molar-refractivity contribution < 1.29 is 9.31 Å². The number of rotatable bonds is 6. The summed E-state index contributed by atoms with van der Waals surface area (Å²) in [5.74, 6) is -0.764. The maximum atomic E-state index is 13.4. The first-order valence-electron chi connectivity index (χ1n) is 5.73. The van der Waals surface area contributed by atoms with Gasteiger partial charge in [-0.05, 0) is 31.1 Å². The fourth-order valence-corrected chi connectivity index (χ4v) is 1.72. The standard InChI is InChI=1S/C12H17FN2O2/c1-3-7-14(4-2)9-10-5-6-12(15(16)17)11(13)8-10/h5-6,8H,3-4,7,9H2,1-2H3. The summed E-state index contributed by atoms with van der Waals surface area (Å²) in [6.07, 6.45) is 1.03. The highest BCUT2D eigenvalue weighted by molar-refractivity contribution is 5.34. The lowest BCUT2D eigenvalue weighted by atomic mass is 10.2. The van der Waals surface area contributed by atoms with Crippen LogP contribution in [-0.4, -0.2) is 22.9 Å². The summed E-state index contributed by atoms with van der Waals surface area (Å²) in [4.78, 5) is 11.9. The minimum absolute atomic E-state index is 0.465. The van der Waals surface area contributed by atoms with Gasteiger partial charge < -0.3 is 0 Å². The van der Waals surface area contributed by atoms with Crippen LogP contribution in [0.15, 0.2) is 18.2 Å². The second-order valence-electron chi connectivity index (χ2n) is 3.91. The largest absolute Gasteiger partial charge is 0.304 e. The van der Waals surface area contributed by atoms with E-state index in [0.717, 1.165) is 25.1 Å². The van der Waals surface area contributed by atoms with Crippen LogP contribution in [-0.2, 0) is 6.54 Å². The average Bonchev–Trinajstić information content (AvgIpc) is 2.28. The van der Waals surface area contributed by atoms with Gasteiger partial charge in [-0.1, -0.05) is 19.9 Å². The van der Waals surface area contributed by atoms with Crippen molar-refractivity contribution in [2.75, 3.05) is 13.1 Å². The molecule has 0 bridgehead atoms. The Morgan fingerprint density at radius 1 is 1.41 bits per heavy atom. The zero-order chi connectivity index (χ0) is 12.8. The van der Waals surface area contributed by atoms with Crippen LogP contribution in [0.5, 0.6) is 0 Å². The third-order valence-corrected chi connectivity index (χ3v) is 2.60. The van der Waals surface area contributed by atoms with Gasteiger partial charge in [0.25, 0.3) is 0 Å². The number of hydrogen-bond acceptors (Lipinski definition) is 3. The topological polar surface area (TPSA) is 46.4 Å². The molecule has 0 saturated heterocycles. The highest BCUT2D eigenvalue weighted by atomic mass is 19.1. The molecule has 0 N–H and O–H groups in total. The molecule has 5 heteroatoms. The molecule has 94 valence electrons. The number of nitrogens with zero attached hydrogens (tertiary/aromatic N) is 2. The summed E-state index contributed by atoms with van der Waals surface area (Å²) < 4.78 is 13.4. The van der Waals surface area contributed by atoms with Gasteiger partial charge in [-0.15, -0.1) is 0 Å². The molecule has 1 rings (SSSR count). The van der Waals surface area contributed by atoms with Crippen LogP contribution in [0.2, 0.25) is 0 Å². The fourth-order valence-electron chi connectivity index (χ4n) is 1.72. The van der Waals surface area contributed by atoms with Gasteiger partial charge in [0.2, 0.25) is 5.82 Å². The predicted octanol–water partition coefficient (Wildman–Crippen LogP) is 2.97. The zero-order valence-electron chi connectivity index (χ0n) is 10.1. The van der Waals surface area contributed by atoms with Gasteiger partial charge in [0.05, 0.1) is 4.92 Å². The molecular formula is C12H17FN2O2. The summed E-state index contributed by atoms with van der Waals surface area (Å²) >= 11 is 0. The Morgan fingerprint density at radius 2 is 2.12 bits per heavy atom. The molecule has 0 unspecified atom stereocenters. The second kappa shape index (κ2) is 6.30. The Morgan fingerprint density at radius 3 is 2.59 bits per heavy atom. The van der Waals surface area contributed by atoms with Crippen molar-refractivity contribution >= 4 is 5.69 Å². The minimum Gasteiger partial charge on any atom is -0.299 e. The zero-order valence-corrected chi connectivity index (χ0v) is 10.1. The molecule has 0 radical (unpaired) electrons. The number of halogens is 1. The normalized spacial score (nSPS) is 10.8. The predicted molar refractivity (Wildman–Crippen MR) is 64.3 cm³/mol. The molecule has 0 heterocycles. The molecule has 0 amide bonds. The maximum Gasteiger partial charge on any atom is 0.304 e. The maximum absolute atomic E-state index is 13.4. The molecule has 17 heavy (non-hydrogen) atoms. The lowest BCUT2D eigenvalue weighted by Crippen LogP contribution is -2.23. The van der Waals surface area contributed by atoms with Gasteiger partial charge in [-0.25, -0.2) is 0 Å². The summed E-state index contributed by atoms with van der Waals surface area (Å²) in [6, 6.07) is 4.08.